The fourth-order valence-corrected chi connectivity index (χ4v) is 2.87. The summed E-state index contributed by atoms with van der Waals surface area (Å²) < 4.78 is 2.65. The topological polar surface area (TPSA) is 56.5 Å². The minimum atomic E-state index is 0.596. The van der Waals surface area contributed by atoms with Crippen molar-refractivity contribution in [2.75, 3.05) is 0 Å². The third kappa shape index (κ3) is 1.98. The van der Waals surface area contributed by atoms with Crippen molar-refractivity contribution in [2.45, 2.75) is 6.92 Å². The van der Waals surface area contributed by atoms with Crippen LogP contribution in [0.15, 0.2) is 42.9 Å². The number of fused-ring (bicyclic) bond motifs is 3. The van der Waals surface area contributed by atoms with Gasteiger partial charge >= 0.3 is 0 Å². The second-order valence-electron chi connectivity index (χ2n) is 4.79. The molecule has 0 spiro atoms. The molecule has 0 amide bonds. The van der Waals surface area contributed by atoms with Gasteiger partial charge in [-0.05, 0) is 30.7 Å². The van der Waals surface area contributed by atoms with E-state index in [-0.39, 0.29) is 0 Å². The summed E-state index contributed by atoms with van der Waals surface area (Å²) >= 11 is 2.09. The molecule has 0 fully saturated rings. The summed E-state index contributed by atoms with van der Waals surface area (Å²) in [4.78, 5) is 17.3. The number of nitrogens with zero attached hydrogens (tertiary/aromatic N) is 5. The molecule has 3 aromatic heterocycles. The summed E-state index contributed by atoms with van der Waals surface area (Å²) in [6.45, 7) is 2.08. The van der Waals surface area contributed by atoms with Crippen LogP contribution in [-0.2, 0) is 0 Å². The first-order chi connectivity index (χ1) is 10.2. The van der Waals surface area contributed by atoms with Gasteiger partial charge < -0.3 is 0 Å². The molecule has 5 nitrogen and oxygen atoms in total. The average Bonchev–Trinajstić information content (AvgIpc) is 2.80. The van der Waals surface area contributed by atoms with Gasteiger partial charge in [0, 0.05) is 39.6 Å². The highest BCUT2D eigenvalue weighted by molar-refractivity contribution is 14.1. The minimum Gasteiger partial charge on any atom is -0.262 e. The molecule has 3 heterocycles. The van der Waals surface area contributed by atoms with Gasteiger partial charge in [-0.25, -0.2) is 15.0 Å². The molecule has 1 aromatic carbocycles. The van der Waals surface area contributed by atoms with Crippen LogP contribution in [0.2, 0.25) is 0 Å². The largest absolute Gasteiger partial charge is 0.262 e. The smallest absolute Gasteiger partial charge is 0.239 e. The quantitative estimate of drug-likeness (QED) is 0.471. The maximum absolute atomic E-state index is 4.51. The standard InChI is InChI=1S/C15H10IN5/c1-9-4-5-10-11-3-2-6-17-13(11)21(12(10)7-9)15-19-8-18-14(16)20-15/h2-8H,1H3. The third-order valence-electron chi connectivity index (χ3n) is 3.41. The molecule has 0 unspecified atom stereocenters. The first-order valence-electron chi connectivity index (χ1n) is 6.45. The summed E-state index contributed by atoms with van der Waals surface area (Å²) in [6, 6.07) is 10.4. The molecule has 0 N–H and O–H groups in total. The molecule has 0 bridgehead atoms. The van der Waals surface area contributed by atoms with Gasteiger partial charge in [-0.1, -0.05) is 12.1 Å². The van der Waals surface area contributed by atoms with Crippen molar-refractivity contribution in [2.24, 2.45) is 0 Å². The zero-order valence-electron chi connectivity index (χ0n) is 11.2. The van der Waals surface area contributed by atoms with Crippen molar-refractivity contribution in [1.29, 1.82) is 0 Å². The molecule has 0 atom stereocenters. The van der Waals surface area contributed by atoms with Crippen molar-refractivity contribution in [1.82, 2.24) is 24.5 Å². The van der Waals surface area contributed by atoms with Gasteiger partial charge in [0.05, 0.1) is 5.52 Å². The number of benzene rings is 1. The fourth-order valence-electron chi connectivity index (χ4n) is 2.53. The zero-order valence-corrected chi connectivity index (χ0v) is 13.3. The number of hydrogen-bond donors (Lipinski definition) is 0. The van der Waals surface area contributed by atoms with E-state index in [9.17, 15) is 0 Å². The zero-order chi connectivity index (χ0) is 14.4. The number of halogens is 1. The van der Waals surface area contributed by atoms with Crippen LogP contribution >= 0.6 is 22.6 Å². The van der Waals surface area contributed by atoms with Crippen molar-refractivity contribution >= 4 is 44.5 Å². The maximum atomic E-state index is 4.51. The molecule has 0 saturated carbocycles. The first kappa shape index (κ1) is 12.6. The Kier molecular flexibility index (Phi) is 2.85. The van der Waals surface area contributed by atoms with Gasteiger partial charge in [-0.3, -0.25) is 4.57 Å². The normalized spacial score (nSPS) is 11.3. The lowest BCUT2D eigenvalue weighted by Gasteiger charge is -2.04. The van der Waals surface area contributed by atoms with E-state index in [4.69, 9.17) is 0 Å². The van der Waals surface area contributed by atoms with E-state index in [0.717, 1.165) is 21.9 Å². The number of hydrogen-bond acceptors (Lipinski definition) is 4. The maximum Gasteiger partial charge on any atom is 0.239 e. The van der Waals surface area contributed by atoms with Gasteiger partial charge in [-0.15, -0.1) is 0 Å². The Bertz CT molecular complexity index is 976. The molecular weight excluding hydrogens is 377 g/mol. The Morgan fingerprint density at radius 1 is 1.05 bits per heavy atom. The lowest BCUT2D eigenvalue weighted by molar-refractivity contribution is 0.908. The van der Waals surface area contributed by atoms with Gasteiger partial charge in [-0.2, -0.15) is 4.98 Å². The Balaban J connectivity index is 2.21. The molecule has 4 rings (SSSR count). The highest BCUT2D eigenvalue weighted by atomic mass is 127. The van der Waals surface area contributed by atoms with Gasteiger partial charge in [0.25, 0.3) is 0 Å². The number of aromatic nitrogens is 5. The third-order valence-corrected chi connectivity index (χ3v) is 3.93. The van der Waals surface area contributed by atoms with Crippen LogP contribution in [0, 0.1) is 10.8 Å². The second kappa shape index (κ2) is 4.73. The Morgan fingerprint density at radius 3 is 2.81 bits per heavy atom. The summed E-state index contributed by atoms with van der Waals surface area (Å²) in [7, 11) is 0. The number of rotatable bonds is 1. The van der Waals surface area contributed by atoms with Crippen LogP contribution in [0.1, 0.15) is 5.56 Å². The van der Waals surface area contributed by atoms with Crippen molar-refractivity contribution in [3.63, 3.8) is 0 Å². The lowest BCUT2D eigenvalue weighted by atomic mass is 10.1. The van der Waals surface area contributed by atoms with Crippen LogP contribution in [-0.4, -0.2) is 24.5 Å². The molecular formula is C15H10IN5. The molecule has 21 heavy (non-hydrogen) atoms. The molecule has 102 valence electrons. The van der Waals surface area contributed by atoms with E-state index in [0.29, 0.717) is 9.78 Å². The SMILES string of the molecule is Cc1ccc2c3cccnc3n(-c3ncnc(I)n3)c2c1. The molecule has 0 aliphatic rings. The van der Waals surface area contributed by atoms with Gasteiger partial charge in [0.1, 0.15) is 12.0 Å². The second-order valence-corrected chi connectivity index (χ2v) is 5.75. The Hall–Kier alpha value is -2.09. The van der Waals surface area contributed by atoms with Crippen molar-refractivity contribution < 1.29 is 0 Å². The van der Waals surface area contributed by atoms with E-state index in [1.165, 1.54) is 11.9 Å². The lowest BCUT2D eigenvalue weighted by Crippen LogP contribution is -2.04. The number of pyridine rings is 1. The minimum absolute atomic E-state index is 0.596. The van der Waals surface area contributed by atoms with E-state index < -0.39 is 0 Å². The van der Waals surface area contributed by atoms with E-state index in [1.807, 2.05) is 10.6 Å². The monoisotopic (exact) mass is 387 g/mol. The van der Waals surface area contributed by atoms with Crippen LogP contribution in [0.5, 0.6) is 0 Å². The number of aryl methyl sites for hydroxylation is 1. The Morgan fingerprint density at radius 2 is 1.95 bits per heavy atom. The highest BCUT2D eigenvalue weighted by Crippen LogP contribution is 2.29. The van der Waals surface area contributed by atoms with Crippen LogP contribution < -0.4 is 0 Å². The molecule has 0 saturated heterocycles. The average molecular weight is 387 g/mol. The molecule has 4 aromatic rings. The summed E-state index contributed by atoms with van der Waals surface area (Å²) in [6.07, 6.45) is 3.32. The van der Waals surface area contributed by atoms with E-state index in [2.05, 4.69) is 73.7 Å². The van der Waals surface area contributed by atoms with Crippen molar-refractivity contribution in [3.8, 4) is 5.95 Å². The van der Waals surface area contributed by atoms with E-state index in [1.54, 1.807) is 6.20 Å². The predicted molar refractivity (Wildman–Crippen MR) is 89.4 cm³/mol. The fraction of sp³-hybridized carbons (Fsp3) is 0.0667. The van der Waals surface area contributed by atoms with Crippen molar-refractivity contribution in [3.05, 3.63) is 52.3 Å². The molecule has 6 heteroatoms. The Labute approximate surface area is 134 Å². The van der Waals surface area contributed by atoms with Crippen LogP contribution in [0.4, 0.5) is 0 Å². The van der Waals surface area contributed by atoms with E-state index >= 15 is 0 Å². The van der Waals surface area contributed by atoms with Crippen LogP contribution in [0.25, 0.3) is 27.9 Å². The summed E-state index contributed by atoms with van der Waals surface area (Å²) in [5.41, 5.74) is 3.11. The molecule has 0 radical (unpaired) electrons. The molecule has 0 aliphatic carbocycles. The highest BCUT2D eigenvalue weighted by Gasteiger charge is 2.14. The first-order valence-corrected chi connectivity index (χ1v) is 7.52. The van der Waals surface area contributed by atoms with Gasteiger partial charge in [0.2, 0.25) is 5.95 Å². The predicted octanol–water partition coefficient (Wildman–Crippen LogP) is 3.28. The summed E-state index contributed by atoms with van der Waals surface area (Å²) in [5.74, 6) is 0.596. The molecule has 0 aliphatic heterocycles. The summed E-state index contributed by atoms with van der Waals surface area (Å²) in [5, 5.41) is 2.25. The van der Waals surface area contributed by atoms with Crippen LogP contribution in [0.3, 0.4) is 0 Å². The van der Waals surface area contributed by atoms with Gasteiger partial charge in [0.15, 0.2) is 3.83 Å².